The normalized spacial score (nSPS) is 15.3. The lowest BCUT2D eigenvalue weighted by atomic mass is 10.2. The highest BCUT2D eigenvalue weighted by Crippen LogP contribution is 2.16. The van der Waals surface area contributed by atoms with Crippen LogP contribution in [0.15, 0.2) is 33.8 Å². The van der Waals surface area contributed by atoms with Crippen molar-refractivity contribution >= 4 is 29.9 Å². The van der Waals surface area contributed by atoms with Crippen molar-refractivity contribution < 1.29 is 13.7 Å². The van der Waals surface area contributed by atoms with Crippen LogP contribution in [-0.4, -0.2) is 47.3 Å². The molecule has 124 valence electrons. The van der Waals surface area contributed by atoms with Crippen molar-refractivity contribution in [3.63, 3.8) is 0 Å². The van der Waals surface area contributed by atoms with E-state index in [2.05, 4.69) is 15.1 Å². The maximum absolute atomic E-state index is 13.2. The number of nitrogens with zero attached hydrogens (tertiary/aromatic N) is 4. The van der Waals surface area contributed by atoms with Crippen molar-refractivity contribution in [2.45, 2.75) is 6.54 Å². The molecule has 1 aromatic carbocycles. The van der Waals surface area contributed by atoms with E-state index in [1.807, 2.05) is 4.90 Å². The van der Waals surface area contributed by atoms with Crippen molar-refractivity contribution in [2.75, 3.05) is 26.3 Å². The number of benzene rings is 1. The van der Waals surface area contributed by atoms with Crippen LogP contribution >= 0.6 is 24.0 Å². The molecule has 0 aliphatic carbocycles. The quantitative estimate of drug-likeness (QED) is 0.450. The maximum Gasteiger partial charge on any atom is 0.248 e. The molecule has 1 aromatic heterocycles. The zero-order chi connectivity index (χ0) is 15.4. The molecular formula is C14H17FIN5O2. The summed E-state index contributed by atoms with van der Waals surface area (Å²) in [6.07, 6.45) is 0. The van der Waals surface area contributed by atoms with E-state index in [1.165, 1.54) is 12.1 Å². The summed E-state index contributed by atoms with van der Waals surface area (Å²) < 4.78 is 23.5. The minimum absolute atomic E-state index is 0. The number of hydrogen-bond donors (Lipinski definition) is 1. The van der Waals surface area contributed by atoms with Gasteiger partial charge in [-0.1, -0.05) is 17.3 Å². The molecule has 0 radical (unpaired) electrons. The first kappa shape index (κ1) is 17.6. The standard InChI is InChI=1S/C14H16FN5O2.HI/c15-11-3-1-2-10(8-11)13-18-12(22-19-13)9-17-14(16)20-4-6-21-7-5-20;/h1-3,8H,4-7,9H2,(H2,16,17);1H. The molecule has 2 aromatic rings. The van der Waals surface area contributed by atoms with E-state index in [0.717, 1.165) is 0 Å². The van der Waals surface area contributed by atoms with Crippen LogP contribution in [0.2, 0.25) is 0 Å². The summed E-state index contributed by atoms with van der Waals surface area (Å²) in [5.74, 6) is 0.734. The van der Waals surface area contributed by atoms with E-state index in [4.69, 9.17) is 15.0 Å². The molecule has 1 saturated heterocycles. The Morgan fingerprint density at radius 3 is 2.87 bits per heavy atom. The number of aliphatic imine (C=N–C) groups is 1. The van der Waals surface area contributed by atoms with Crippen LogP contribution in [0.5, 0.6) is 0 Å². The number of rotatable bonds is 3. The minimum atomic E-state index is -0.349. The van der Waals surface area contributed by atoms with Crippen LogP contribution in [0.4, 0.5) is 4.39 Å². The molecule has 0 spiro atoms. The van der Waals surface area contributed by atoms with Gasteiger partial charge in [0.25, 0.3) is 0 Å². The van der Waals surface area contributed by atoms with Gasteiger partial charge in [0.05, 0.1) is 13.2 Å². The van der Waals surface area contributed by atoms with Crippen molar-refractivity contribution in [2.24, 2.45) is 10.7 Å². The largest absolute Gasteiger partial charge is 0.378 e. The van der Waals surface area contributed by atoms with Gasteiger partial charge < -0.3 is 19.9 Å². The number of ether oxygens (including phenoxy) is 1. The number of nitrogens with two attached hydrogens (primary N) is 1. The van der Waals surface area contributed by atoms with E-state index >= 15 is 0 Å². The van der Waals surface area contributed by atoms with Gasteiger partial charge in [0.1, 0.15) is 12.4 Å². The molecule has 2 heterocycles. The molecule has 0 amide bonds. The van der Waals surface area contributed by atoms with Gasteiger partial charge >= 0.3 is 0 Å². The fourth-order valence-corrected chi connectivity index (χ4v) is 2.10. The Morgan fingerprint density at radius 2 is 2.13 bits per heavy atom. The van der Waals surface area contributed by atoms with Crippen LogP contribution in [-0.2, 0) is 11.3 Å². The minimum Gasteiger partial charge on any atom is -0.378 e. The lowest BCUT2D eigenvalue weighted by Gasteiger charge is -2.27. The first-order valence-corrected chi connectivity index (χ1v) is 6.93. The smallest absolute Gasteiger partial charge is 0.248 e. The van der Waals surface area contributed by atoms with Gasteiger partial charge in [-0.15, -0.1) is 24.0 Å². The molecule has 3 rings (SSSR count). The third-order valence-corrected chi connectivity index (χ3v) is 3.26. The average molecular weight is 433 g/mol. The summed E-state index contributed by atoms with van der Waals surface area (Å²) in [7, 11) is 0. The zero-order valence-electron chi connectivity index (χ0n) is 12.3. The third-order valence-electron chi connectivity index (χ3n) is 3.26. The second kappa shape index (κ2) is 8.20. The molecular weight excluding hydrogens is 416 g/mol. The van der Waals surface area contributed by atoms with E-state index in [1.54, 1.807) is 12.1 Å². The molecule has 23 heavy (non-hydrogen) atoms. The predicted molar refractivity (Wildman–Crippen MR) is 92.8 cm³/mol. The van der Waals surface area contributed by atoms with Crippen LogP contribution in [0.25, 0.3) is 11.4 Å². The summed E-state index contributed by atoms with van der Waals surface area (Å²) >= 11 is 0. The molecule has 9 heteroatoms. The van der Waals surface area contributed by atoms with Crippen LogP contribution in [0, 0.1) is 5.82 Å². The lowest BCUT2D eigenvalue weighted by Crippen LogP contribution is -2.44. The summed E-state index contributed by atoms with van der Waals surface area (Å²) in [6.45, 7) is 2.90. The van der Waals surface area contributed by atoms with Crippen molar-refractivity contribution in [1.29, 1.82) is 0 Å². The van der Waals surface area contributed by atoms with Gasteiger partial charge in [-0.2, -0.15) is 4.98 Å². The number of aromatic nitrogens is 2. The first-order chi connectivity index (χ1) is 10.7. The highest BCUT2D eigenvalue weighted by Gasteiger charge is 2.13. The van der Waals surface area contributed by atoms with E-state index < -0.39 is 0 Å². The summed E-state index contributed by atoms with van der Waals surface area (Å²) in [4.78, 5) is 10.4. The SMILES string of the molecule is I.NC(=NCc1nc(-c2cccc(F)c2)no1)N1CCOCC1. The number of hydrogen-bond acceptors (Lipinski definition) is 5. The van der Waals surface area contributed by atoms with Gasteiger partial charge in [-0.05, 0) is 12.1 Å². The zero-order valence-corrected chi connectivity index (χ0v) is 14.6. The average Bonchev–Trinajstić information content (AvgIpc) is 3.02. The number of halogens is 2. The van der Waals surface area contributed by atoms with Crippen molar-refractivity contribution in [3.05, 3.63) is 36.0 Å². The van der Waals surface area contributed by atoms with Gasteiger partial charge in [0.2, 0.25) is 11.7 Å². The summed E-state index contributed by atoms with van der Waals surface area (Å²) in [5.41, 5.74) is 6.47. The molecule has 0 atom stereocenters. The summed E-state index contributed by atoms with van der Waals surface area (Å²) in [6, 6.07) is 6.01. The second-order valence-corrected chi connectivity index (χ2v) is 4.80. The van der Waals surface area contributed by atoms with Gasteiger partial charge in [-0.25, -0.2) is 9.38 Å². The number of guanidine groups is 1. The first-order valence-electron chi connectivity index (χ1n) is 6.93. The molecule has 0 unspecified atom stereocenters. The topological polar surface area (TPSA) is 89.8 Å². The number of morpholine rings is 1. The Kier molecular flexibility index (Phi) is 6.28. The van der Waals surface area contributed by atoms with Crippen LogP contribution in [0.1, 0.15) is 5.89 Å². The molecule has 1 fully saturated rings. The van der Waals surface area contributed by atoms with Gasteiger partial charge in [-0.3, -0.25) is 0 Å². The fraction of sp³-hybridized carbons (Fsp3) is 0.357. The molecule has 7 nitrogen and oxygen atoms in total. The second-order valence-electron chi connectivity index (χ2n) is 4.80. The highest BCUT2D eigenvalue weighted by molar-refractivity contribution is 14.0. The van der Waals surface area contributed by atoms with E-state index in [9.17, 15) is 4.39 Å². The monoisotopic (exact) mass is 433 g/mol. The van der Waals surface area contributed by atoms with E-state index in [0.29, 0.717) is 49.5 Å². The fourth-order valence-electron chi connectivity index (χ4n) is 2.10. The molecule has 0 saturated carbocycles. The summed E-state index contributed by atoms with van der Waals surface area (Å²) in [5, 5.41) is 3.82. The van der Waals surface area contributed by atoms with Crippen molar-refractivity contribution in [3.8, 4) is 11.4 Å². The van der Waals surface area contributed by atoms with Gasteiger partial charge in [0, 0.05) is 18.7 Å². The molecule has 1 aliphatic heterocycles. The molecule has 2 N–H and O–H groups in total. The Morgan fingerprint density at radius 1 is 1.35 bits per heavy atom. The van der Waals surface area contributed by atoms with Crippen LogP contribution < -0.4 is 5.73 Å². The predicted octanol–water partition coefficient (Wildman–Crippen LogP) is 1.64. The highest BCUT2D eigenvalue weighted by atomic mass is 127. The lowest BCUT2D eigenvalue weighted by molar-refractivity contribution is 0.0674. The Balaban J connectivity index is 0.00000192. The van der Waals surface area contributed by atoms with Crippen molar-refractivity contribution in [1.82, 2.24) is 15.0 Å². The Bertz CT molecular complexity index is 673. The van der Waals surface area contributed by atoms with E-state index in [-0.39, 0.29) is 36.3 Å². The van der Waals surface area contributed by atoms with Crippen LogP contribution in [0.3, 0.4) is 0 Å². The maximum atomic E-state index is 13.2. The Hall–Kier alpha value is -1.75. The third kappa shape index (κ3) is 4.61. The molecule has 1 aliphatic rings. The van der Waals surface area contributed by atoms with Gasteiger partial charge in [0.15, 0.2) is 5.96 Å². The molecule has 0 bridgehead atoms. The Labute approximate surface area is 149 Å².